The van der Waals surface area contributed by atoms with Crippen molar-refractivity contribution in [3.8, 4) is 0 Å². The van der Waals surface area contributed by atoms with Crippen LogP contribution in [0.25, 0.3) is 0 Å². The van der Waals surface area contributed by atoms with E-state index in [4.69, 9.17) is 11.6 Å². The van der Waals surface area contributed by atoms with Crippen molar-refractivity contribution in [3.05, 3.63) is 58.6 Å². The number of nitrogens with zero attached hydrogens (tertiary/aromatic N) is 3. The van der Waals surface area contributed by atoms with Gasteiger partial charge in [0.25, 0.3) is 5.91 Å². The third-order valence-corrected chi connectivity index (χ3v) is 7.79. The van der Waals surface area contributed by atoms with Gasteiger partial charge in [0.05, 0.1) is 10.6 Å². The molecule has 1 heterocycles. The molecule has 6 nitrogen and oxygen atoms in total. The van der Waals surface area contributed by atoms with Crippen LogP contribution < -0.4 is 0 Å². The SMILES string of the molecule is Cc1ccc(N=C2SCCCN2C(=O)c2ccc(S(=O)(=O)N(C)C)cc2)cc1Cl. The minimum atomic E-state index is -3.54. The number of carbonyl (C=O) groups is 1. The largest absolute Gasteiger partial charge is 0.287 e. The number of thioether (sulfide) groups is 1. The number of hydrogen-bond acceptors (Lipinski definition) is 5. The van der Waals surface area contributed by atoms with Gasteiger partial charge in [0.15, 0.2) is 5.17 Å². The maximum atomic E-state index is 13.1. The van der Waals surface area contributed by atoms with Crippen LogP contribution >= 0.6 is 23.4 Å². The predicted molar refractivity (Wildman–Crippen MR) is 119 cm³/mol. The molecule has 1 aliphatic heterocycles. The Kier molecular flexibility index (Phi) is 6.68. The number of aryl methyl sites for hydroxylation is 1. The Morgan fingerprint density at radius 3 is 2.48 bits per heavy atom. The van der Waals surface area contributed by atoms with Crippen LogP contribution in [-0.4, -0.2) is 55.1 Å². The average molecular weight is 452 g/mol. The van der Waals surface area contributed by atoms with Gasteiger partial charge in [0.2, 0.25) is 10.0 Å². The molecule has 0 unspecified atom stereocenters. The lowest BCUT2D eigenvalue weighted by Crippen LogP contribution is -2.39. The lowest BCUT2D eigenvalue weighted by Gasteiger charge is -2.28. The van der Waals surface area contributed by atoms with E-state index in [2.05, 4.69) is 4.99 Å². The second-order valence-corrected chi connectivity index (χ2v) is 10.4. The van der Waals surface area contributed by atoms with Gasteiger partial charge in [-0.05, 0) is 55.3 Å². The number of amides is 1. The fourth-order valence-corrected chi connectivity index (χ4v) is 4.77. The molecule has 9 heteroatoms. The molecule has 29 heavy (non-hydrogen) atoms. The minimum absolute atomic E-state index is 0.148. The van der Waals surface area contributed by atoms with Gasteiger partial charge in [0, 0.05) is 37.0 Å². The van der Waals surface area contributed by atoms with E-state index in [1.54, 1.807) is 23.1 Å². The van der Waals surface area contributed by atoms with Crippen molar-refractivity contribution in [2.24, 2.45) is 4.99 Å². The van der Waals surface area contributed by atoms with E-state index in [-0.39, 0.29) is 10.8 Å². The molecule has 2 aromatic carbocycles. The molecule has 0 aromatic heterocycles. The number of sulfonamides is 1. The zero-order valence-electron chi connectivity index (χ0n) is 16.4. The Morgan fingerprint density at radius 2 is 1.86 bits per heavy atom. The van der Waals surface area contributed by atoms with Crippen molar-refractivity contribution in [2.75, 3.05) is 26.4 Å². The van der Waals surface area contributed by atoms with Gasteiger partial charge < -0.3 is 0 Å². The van der Waals surface area contributed by atoms with Crippen molar-refractivity contribution < 1.29 is 13.2 Å². The third kappa shape index (κ3) is 4.83. The maximum Gasteiger partial charge on any atom is 0.259 e. The second-order valence-electron chi connectivity index (χ2n) is 6.80. The quantitative estimate of drug-likeness (QED) is 0.699. The van der Waals surface area contributed by atoms with Crippen LogP contribution in [0.5, 0.6) is 0 Å². The van der Waals surface area contributed by atoms with Crippen LogP contribution in [0, 0.1) is 6.92 Å². The molecule has 1 amide bonds. The number of rotatable bonds is 4. The Balaban J connectivity index is 1.88. The van der Waals surface area contributed by atoms with Crippen LogP contribution in [0.15, 0.2) is 52.4 Å². The van der Waals surface area contributed by atoms with Crippen molar-refractivity contribution in [1.29, 1.82) is 0 Å². The third-order valence-electron chi connectivity index (χ3n) is 4.49. The summed E-state index contributed by atoms with van der Waals surface area (Å²) in [6.07, 6.45) is 0.858. The average Bonchev–Trinajstić information content (AvgIpc) is 2.70. The fraction of sp³-hybridized carbons (Fsp3) is 0.300. The highest BCUT2D eigenvalue weighted by Gasteiger charge is 2.25. The summed E-state index contributed by atoms with van der Waals surface area (Å²) in [5, 5.41) is 1.24. The van der Waals surface area contributed by atoms with Gasteiger partial charge in [0.1, 0.15) is 0 Å². The van der Waals surface area contributed by atoms with Crippen LogP contribution in [0.1, 0.15) is 22.3 Å². The van der Waals surface area contributed by atoms with Gasteiger partial charge in [-0.3, -0.25) is 9.69 Å². The number of hydrogen-bond donors (Lipinski definition) is 0. The maximum absolute atomic E-state index is 13.1. The highest BCUT2D eigenvalue weighted by molar-refractivity contribution is 8.13. The van der Waals surface area contributed by atoms with Crippen molar-refractivity contribution >= 4 is 50.1 Å². The van der Waals surface area contributed by atoms with Crippen LogP contribution in [-0.2, 0) is 10.0 Å². The molecule has 1 fully saturated rings. The molecular weight excluding hydrogens is 430 g/mol. The topological polar surface area (TPSA) is 70.0 Å². The molecular formula is C20H22ClN3O3S2. The standard InChI is InChI=1S/C20H22ClN3O3S2/c1-14-5-8-16(13-18(14)21)22-20-24(11-4-12-28-20)19(25)15-6-9-17(10-7-15)29(26,27)23(2)3/h5-10,13H,4,11-12H2,1-3H3. The van der Waals surface area contributed by atoms with Gasteiger partial charge in [-0.25, -0.2) is 17.7 Å². The van der Waals surface area contributed by atoms with Crippen molar-refractivity contribution in [3.63, 3.8) is 0 Å². The van der Waals surface area contributed by atoms with E-state index >= 15 is 0 Å². The Morgan fingerprint density at radius 1 is 1.17 bits per heavy atom. The molecule has 1 aliphatic rings. The number of carbonyl (C=O) groups excluding carboxylic acids is 1. The summed E-state index contributed by atoms with van der Waals surface area (Å²) in [5.41, 5.74) is 2.07. The summed E-state index contributed by atoms with van der Waals surface area (Å²) < 4.78 is 25.6. The molecule has 0 spiro atoms. The normalized spacial score (nSPS) is 16.4. The number of benzene rings is 2. The fourth-order valence-electron chi connectivity index (χ4n) is 2.74. The zero-order chi connectivity index (χ0) is 21.2. The first-order valence-electron chi connectivity index (χ1n) is 9.02. The summed E-state index contributed by atoms with van der Waals surface area (Å²) >= 11 is 7.71. The Bertz CT molecular complexity index is 1050. The van der Waals surface area contributed by atoms with Crippen molar-refractivity contribution in [2.45, 2.75) is 18.2 Å². The first-order valence-corrected chi connectivity index (χ1v) is 11.8. The van der Waals surface area contributed by atoms with E-state index < -0.39 is 10.0 Å². The van der Waals surface area contributed by atoms with E-state index in [9.17, 15) is 13.2 Å². The van der Waals surface area contributed by atoms with Crippen molar-refractivity contribution in [1.82, 2.24) is 9.21 Å². The van der Waals surface area contributed by atoms with Gasteiger partial charge >= 0.3 is 0 Å². The Labute approximate surface area is 180 Å². The molecule has 0 bridgehead atoms. The van der Waals surface area contributed by atoms with E-state index in [1.807, 2.05) is 19.1 Å². The summed E-state index contributed by atoms with van der Waals surface area (Å²) in [4.78, 5) is 19.5. The van der Waals surface area contributed by atoms with Gasteiger partial charge in [-0.15, -0.1) is 0 Å². The van der Waals surface area contributed by atoms with Gasteiger partial charge in [-0.2, -0.15) is 0 Å². The van der Waals surface area contributed by atoms with E-state index in [0.717, 1.165) is 22.0 Å². The lowest BCUT2D eigenvalue weighted by atomic mass is 10.2. The second kappa shape index (κ2) is 8.87. The summed E-state index contributed by atoms with van der Waals surface area (Å²) in [6.45, 7) is 2.48. The molecule has 0 aliphatic carbocycles. The molecule has 3 rings (SSSR count). The molecule has 0 atom stereocenters. The van der Waals surface area contributed by atoms with Crippen LogP contribution in [0.3, 0.4) is 0 Å². The Hall–Kier alpha value is -1.87. The molecule has 2 aromatic rings. The van der Waals surface area contributed by atoms with Crippen LogP contribution in [0.4, 0.5) is 5.69 Å². The summed E-state index contributed by atoms with van der Waals surface area (Å²) in [5.74, 6) is 0.672. The molecule has 1 saturated heterocycles. The summed E-state index contributed by atoms with van der Waals surface area (Å²) in [6, 6.07) is 11.5. The van der Waals surface area contributed by atoms with E-state index in [0.29, 0.717) is 28.0 Å². The zero-order valence-corrected chi connectivity index (χ0v) is 18.8. The predicted octanol–water partition coefficient (Wildman–Crippen LogP) is 4.17. The number of amidine groups is 1. The first-order chi connectivity index (χ1) is 13.7. The number of aliphatic imine (C=N–C) groups is 1. The molecule has 154 valence electrons. The monoisotopic (exact) mass is 451 g/mol. The smallest absolute Gasteiger partial charge is 0.259 e. The van der Waals surface area contributed by atoms with Crippen LogP contribution in [0.2, 0.25) is 5.02 Å². The molecule has 0 saturated carbocycles. The molecule has 0 N–H and O–H groups in total. The van der Waals surface area contributed by atoms with E-state index in [1.165, 1.54) is 38.0 Å². The lowest BCUT2D eigenvalue weighted by molar-refractivity contribution is 0.0849. The van der Waals surface area contributed by atoms with Gasteiger partial charge in [-0.1, -0.05) is 29.4 Å². The summed E-state index contributed by atoms with van der Waals surface area (Å²) in [7, 11) is -0.592. The number of halogens is 1. The minimum Gasteiger partial charge on any atom is -0.287 e. The molecule has 0 radical (unpaired) electrons. The highest BCUT2D eigenvalue weighted by Crippen LogP contribution is 2.27. The highest BCUT2D eigenvalue weighted by atomic mass is 35.5. The first kappa shape index (κ1) is 21.8.